The van der Waals surface area contributed by atoms with Crippen LogP contribution in [0, 0.1) is 0 Å². The molecule has 29 heavy (non-hydrogen) atoms. The zero-order valence-electron chi connectivity index (χ0n) is 15.7. The van der Waals surface area contributed by atoms with Crippen molar-refractivity contribution in [1.82, 2.24) is 14.9 Å². The molecule has 2 amide bonds. The van der Waals surface area contributed by atoms with Crippen LogP contribution in [-0.4, -0.2) is 28.7 Å². The third kappa shape index (κ3) is 4.89. The summed E-state index contributed by atoms with van der Waals surface area (Å²) < 4.78 is 5.90. The number of anilines is 1. The second kappa shape index (κ2) is 8.87. The minimum Gasteiger partial charge on any atom is -0.453 e. The normalized spacial score (nSPS) is 10.5. The van der Waals surface area contributed by atoms with Crippen LogP contribution in [0.2, 0.25) is 0 Å². The van der Waals surface area contributed by atoms with Gasteiger partial charge in [-0.25, -0.2) is 9.59 Å². The molecule has 0 saturated heterocycles. The number of methoxy groups -OCH3 is 1. The molecular formula is C20H20N4O5. The van der Waals surface area contributed by atoms with Gasteiger partial charge in [-0.05, 0) is 29.8 Å². The first-order valence-electron chi connectivity index (χ1n) is 8.90. The fourth-order valence-electron chi connectivity index (χ4n) is 2.84. The fourth-order valence-corrected chi connectivity index (χ4v) is 2.84. The number of carbonyl (C=O) groups is 2. The molecule has 0 aliphatic rings. The molecule has 0 aliphatic heterocycles. The topological polar surface area (TPSA) is 122 Å². The Kier molecular flexibility index (Phi) is 6.08. The van der Waals surface area contributed by atoms with E-state index in [1.807, 2.05) is 0 Å². The summed E-state index contributed by atoms with van der Waals surface area (Å²) in [5.41, 5.74) is 0.922. The van der Waals surface area contributed by atoms with Crippen molar-refractivity contribution in [3.05, 3.63) is 74.9 Å². The van der Waals surface area contributed by atoms with Crippen molar-refractivity contribution in [3.8, 4) is 0 Å². The number of benzene rings is 2. The Morgan fingerprint density at radius 1 is 1.07 bits per heavy atom. The predicted molar refractivity (Wildman–Crippen MR) is 108 cm³/mol. The maximum absolute atomic E-state index is 12.2. The Morgan fingerprint density at radius 3 is 2.52 bits per heavy atom. The number of aromatic nitrogens is 2. The number of ether oxygens (including phenoxy) is 1. The van der Waals surface area contributed by atoms with Gasteiger partial charge in [0, 0.05) is 25.2 Å². The molecule has 1 aromatic heterocycles. The Balaban J connectivity index is 1.58. The molecule has 0 bridgehead atoms. The second-order valence-corrected chi connectivity index (χ2v) is 6.27. The van der Waals surface area contributed by atoms with Gasteiger partial charge >= 0.3 is 11.8 Å². The molecule has 0 fully saturated rings. The van der Waals surface area contributed by atoms with E-state index in [4.69, 9.17) is 0 Å². The van der Waals surface area contributed by atoms with Gasteiger partial charge in [0.1, 0.15) is 0 Å². The number of hydrogen-bond acceptors (Lipinski definition) is 5. The van der Waals surface area contributed by atoms with Crippen LogP contribution in [0.3, 0.4) is 0 Å². The van der Waals surface area contributed by atoms with E-state index in [0.717, 1.165) is 5.56 Å². The lowest BCUT2D eigenvalue weighted by Gasteiger charge is -2.10. The number of hydrogen-bond donors (Lipinski definition) is 3. The average Bonchev–Trinajstić information content (AvgIpc) is 2.73. The lowest BCUT2D eigenvalue weighted by Crippen LogP contribution is -2.32. The molecule has 0 spiro atoms. The number of carbonyl (C=O) groups excluding carboxylic acids is 2. The Morgan fingerprint density at radius 2 is 1.79 bits per heavy atom. The Hall–Kier alpha value is -3.88. The van der Waals surface area contributed by atoms with Gasteiger partial charge in [-0.3, -0.25) is 24.5 Å². The summed E-state index contributed by atoms with van der Waals surface area (Å²) in [7, 11) is 1.28. The molecule has 9 heteroatoms. The zero-order valence-corrected chi connectivity index (χ0v) is 15.7. The lowest BCUT2D eigenvalue weighted by molar-refractivity contribution is -0.121. The molecule has 0 atom stereocenters. The first-order valence-corrected chi connectivity index (χ1v) is 8.90. The summed E-state index contributed by atoms with van der Waals surface area (Å²) >= 11 is 0. The molecule has 0 radical (unpaired) electrons. The number of rotatable bonds is 6. The molecule has 0 unspecified atom stereocenters. The van der Waals surface area contributed by atoms with Crippen molar-refractivity contribution in [3.63, 3.8) is 0 Å². The van der Waals surface area contributed by atoms with Gasteiger partial charge in [0.15, 0.2) is 0 Å². The highest BCUT2D eigenvalue weighted by molar-refractivity contribution is 5.84. The number of aromatic amines is 1. The number of nitrogens with zero attached hydrogens (tertiary/aromatic N) is 1. The number of para-hydroxylation sites is 1. The van der Waals surface area contributed by atoms with E-state index in [2.05, 4.69) is 20.4 Å². The van der Waals surface area contributed by atoms with Crippen molar-refractivity contribution in [1.29, 1.82) is 0 Å². The average molecular weight is 396 g/mol. The van der Waals surface area contributed by atoms with Crippen LogP contribution >= 0.6 is 0 Å². The van der Waals surface area contributed by atoms with E-state index in [9.17, 15) is 19.2 Å². The molecule has 3 aromatic rings. The summed E-state index contributed by atoms with van der Waals surface area (Å²) in [6.07, 6.45) is -0.478. The van der Waals surface area contributed by atoms with Crippen LogP contribution in [0.25, 0.3) is 10.9 Å². The van der Waals surface area contributed by atoms with Crippen molar-refractivity contribution < 1.29 is 14.3 Å². The zero-order chi connectivity index (χ0) is 20.8. The molecule has 0 saturated carbocycles. The van der Waals surface area contributed by atoms with Gasteiger partial charge in [0.05, 0.1) is 18.0 Å². The van der Waals surface area contributed by atoms with E-state index < -0.39 is 17.3 Å². The quantitative estimate of drug-likeness (QED) is 0.584. The molecule has 3 rings (SSSR count). The van der Waals surface area contributed by atoms with E-state index in [1.165, 1.54) is 11.7 Å². The first kappa shape index (κ1) is 19.9. The maximum Gasteiger partial charge on any atom is 0.411 e. The monoisotopic (exact) mass is 396 g/mol. The highest BCUT2D eigenvalue weighted by Gasteiger charge is 2.09. The molecule has 2 aromatic carbocycles. The SMILES string of the molecule is COC(=O)Nc1ccc(CNC(=O)CCn2c(=O)[nH]c(=O)c3ccccc32)cc1. The summed E-state index contributed by atoms with van der Waals surface area (Å²) in [6.45, 7) is 0.447. The highest BCUT2D eigenvalue weighted by Crippen LogP contribution is 2.10. The summed E-state index contributed by atoms with van der Waals surface area (Å²) in [4.78, 5) is 49.6. The fraction of sp³-hybridized carbons (Fsp3) is 0.200. The smallest absolute Gasteiger partial charge is 0.411 e. The largest absolute Gasteiger partial charge is 0.453 e. The Labute approximate surface area is 165 Å². The van der Waals surface area contributed by atoms with Gasteiger partial charge in [0.25, 0.3) is 5.56 Å². The van der Waals surface area contributed by atoms with Crippen LogP contribution in [0.1, 0.15) is 12.0 Å². The number of nitrogens with one attached hydrogen (secondary N) is 3. The van der Waals surface area contributed by atoms with Crippen molar-refractivity contribution >= 4 is 28.6 Å². The van der Waals surface area contributed by atoms with Gasteiger partial charge in [-0.1, -0.05) is 24.3 Å². The van der Waals surface area contributed by atoms with Gasteiger partial charge in [0.2, 0.25) is 5.91 Å². The molecule has 0 aliphatic carbocycles. The van der Waals surface area contributed by atoms with Crippen LogP contribution in [-0.2, 0) is 22.6 Å². The first-order chi connectivity index (χ1) is 14.0. The number of aryl methyl sites for hydroxylation is 1. The second-order valence-electron chi connectivity index (χ2n) is 6.27. The van der Waals surface area contributed by atoms with E-state index in [1.54, 1.807) is 48.5 Å². The van der Waals surface area contributed by atoms with E-state index in [0.29, 0.717) is 23.1 Å². The van der Waals surface area contributed by atoms with Crippen LogP contribution in [0.5, 0.6) is 0 Å². The van der Waals surface area contributed by atoms with Crippen LogP contribution in [0.4, 0.5) is 10.5 Å². The molecule has 1 heterocycles. The Bertz CT molecular complexity index is 1150. The number of fused-ring (bicyclic) bond motifs is 1. The number of H-pyrrole nitrogens is 1. The maximum atomic E-state index is 12.2. The lowest BCUT2D eigenvalue weighted by atomic mass is 10.2. The standard InChI is InChI=1S/C20H20N4O5/c1-29-20(28)22-14-8-6-13(7-9-14)12-21-17(25)10-11-24-16-5-3-2-4-15(16)18(26)23-19(24)27/h2-9H,10-12H2,1H3,(H,21,25)(H,22,28)(H,23,26,27). The minimum absolute atomic E-state index is 0.0813. The van der Waals surface area contributed by atoms with Crippen molar-refractivity contribution in [2.45, 2.75) is 19.5 Å². The third-order valence-corrected chi connectivity index (χ3v) is 4.34. The minimum atomic E-state index is -0.559. The summed E-state index contributed by atoms with van der Waals surface area (Å²) in [5, 5.41) is 5.72. The molecule has 3 N–H and O–H groups in total. The van der Waals surface area contributed by atoms with Gasteiger partial charge in [-0.2, -0.15) is 0 Å². The van der Waals surface area contributed by atoms with E-state index >= 15 is 0 Å². The van der Waals surface area contributed by atoms with Gasteiger partial charge in [-0.15, -0.1) is 0 Å². The van der Waals surface area contributed by atoms with Gasteiger partial charge < -0.3 is 10.1 Å². The van der Waals surface area contributed by atoms with Crippen molar-refractivity contribution in [2.75, 3.05) is 12.4 Å². The predicted octanol–water partition coefficient (Wildman–Crippen LogP) is 1.57. The van der Waals surface area contributed by atoms with E-state index in [-0.39, 0.29) is 18.9 Å². The third-order valence-electron chi connectivity index (χ3n) is 4.34. The molecule has 150 valence electrons. The highest BCUT2D eigenvalue weighted by atomic mass is 16.5. The number of amides is 2. The summed E-state index contributed by atoms with van der Waals surface area (Å²) in [5.74, 6) is -0.232. The van der Waals surface area contributed by atoms with Crippen LogP contribution < -0.4 is 21.9 Å². The molecule has 9 nitrogen and oxygen atoms in total. The van der Waals surface area contributed by atoms with Crippen LogP contribution in [0.15, 0.2) is 58.1 Å². The van der Waals surface area contributed by atoms with Crippen molar-refractivity contribution in [2.24, 2.45) is 0 Å². The summed E-state index contributed by atoms with van der Waals surface area (Å²) in [6, 6.07) is 13.7. The molecular weight excluding hydrogens is 376 g/mol.